The number of carbonyl (C=O) groups is 1. The third kappa shape index (κ3) is 5.88. The van der Waals surface area contributed by atoms with Gasteiger partial charge in [-0.1, -0.05) is 69.2 Å². The summed E-state index contributed by atoms with van der Waals surface area (Å²) in [6, 6.07) is 16.4. The summed E-state index contributed by atoms with van der Waals surface area (Å²) in [7, 11) is 0. The van der Waals surface area contributed by atoms with E-state index in [1.54, 1.807) is 0 Å². The first-order chi connectivity index (χ1) is 15.8. The molecule has 174 valence electrons. The molecule has 33 heavy (non-hydrogen) atoms. The molecule has 1 N–H and O–H groups in total. The predicted molar refractivity (Wildman–Crippen MR) is 131 cm³/mol. The Morgan fingerprint density at radius 3 is 2.33 bits per heavy atom. The van der Waals surface area contributed by atoms with Crippen molar-refractivity contribution in [2.45, 2.75) is 58.9 Å². The van der Waals surface area contributed by atoms with Gasteiger partial charge in [0.1, 0.15) is 0 Å². The van der Waals surface area contributed by atoms with Gasteiger partial charge in [-0.25, -0.2) is 0 Å². The molecule has 0 aliphatic carbocycles. The van der Waals surface area contributed by atoms with Crippen LogP contribution in [0.3, 0.4) is 0 Å². The second kappa shape index (κ2) is 9.87. The van der Waals surface area contributed by atoms with Crippen LogP contribution in [-0.4, -0.2) is 34.0 Å². The van der Waals surface area contributed by atoms with Crippen molar-refractivity contribution in [2.24, 2.45) is 5.92 Å². The van der Waals surface area contributed by atoms with E-state index in [1.807, 2.05) is 12.1 Å². The van der Waals surface area contributed by atoms with Gasteiger partial charge in [-0.2, -0.15) is 4.98 Å². The Bertz CT molecular complexity index is 1060. The number of hydrogen-bond donors (Lipinski definition) is 1. The number of carbonyl (C=O) groups excluding carboxylic acids is 1. The summed E-state index contributed by atoms with van der Waals surface area (Å²) in [4.78, 5) is 19.5. The van der Waals surface area contributed by atoms with E-state index in [-0.39, 0.29) is 17.2 Å². The van der Waals surface area contributed by atoms with Gasteiger partial charge in [-0.05, 0) is 61.0 Å². The van der Waals surface area contributed by atoms with Gasteiger partial charge in [-0.15, -0.1) is 0 Å². The highest BCUT2D eigenvalue weighted by Gasteiger charge is 2.26. The number of likely N-dealkylation sites (tertiary alicyclic amines) is 1. The number of piperidine rings is 1. The molecule has 1 aliphatic rings. The van der Waals surface area contributed by atoms with Crippen LogP contribution < -0.4 is 5.32 Å². The van der Waals surface area contributed by atoms with Crippen LogP contribution in [0.5, 0.6) is 0 Å². The van der Waals surface area contributed by atoms with Crippen molar-refractivity contribution in [3.63, 3.8) is 0 Å². The summed E-state index contributed by atoms with van der Waals surface area (Å²) in [6.07, 6.45) is 2.65. The van der Waals surface area contributed by atoms with E-state index in [4.69, 9.17) is 4.52 Å². The van der Waals surface area contributed by atoms with Gasteiger partial charge in [0.05, 0.1) is 6.54 Å². The van der Waals surface area contributed by atoms with E-state index in [0.29, 0.717) is 18.3 Å². The molecular formula is C27H34N4O2. The second-order valence-electron chi connectivity index (χ2n) is 9.93. The van der Waals surface area contributed by atoms with Crippen LogP contribution >= 0.6 is 0 Å². The molecule has 4 rings (SSSR count). The maximum atomic E-state index is 12.7. The van der Waals surface area contributed by atoms with E-state index >= 15 is 0 Å². The standard InChI is InChI=1S/C27H34N4O2/c1-5-19-6-12-23(13-7-19)28-26(32)21-14-16-31(17-15-21)18-24-29-25(30-33-24)20-8-10-22(11-9-20)27(2,3)4/h6-13,21H,5,14-18H2,1-4H3,(H,28,32). The number of amides is 1. The molecule has 1 amide bonds. The molecule has 0 bridgehead atoms. The van der Waals surface area contributed by atoms with Crippen molar-refractivity contribution in [3.05, 3.63) is 65.5 Å². The molecule has 6 nitrogen and oxygen atoms in total. The highest BCUT2D eigenvalue weighted by Crippen LogP contribution is 2.26. The second-order valence-corrected chi connectivity index (χ2v) is 9.93. The lowest BCUT2D eigenvalue weighted by Gasteiger charge is -2.30. The summed E-state index contributed by atoms with van der Waals surface area (Å²) >= 11 is 0. The number of rotatable bonds is 6. The maximum absolute atomic E-state index is 12.7. The van der Waals surface area contributed by atoms with Gasteiger partial charge in [0.15, 0.2) is 0 Å². The van der Waals surface area contributed by atoms with Gasteiger partial charge < -0.3 is 9.84 Å². The fourth-order valence-electron chi connectivity index (χ4n) is 4.17. The van der Waals surface area contributed by atoms with Crippen molar-refractivity contribution in [2.75, 3.05) is 18.4 Å². The van der Waals surface area contributed by atoms with Gasteiger partial charge in [0.25, 0.3) is 0 Å². The van der Waals surface area contributed by atoms with Crippen LogP contribution in [0.2, 0.25) is 0 Å². The normalized spacial score (nSPS) is 15.5. The fourth-order valence-corrected chi connectivity index (χ4v) is 4.17. The SMILES string of the molecule is CCc1ccc(NC(=O)C2CCN(Cc3nc(-c4ccc(C(C)(C)C)cc4)no3)CC2)cc1. The molecule has 1 fully saturated rings. The van der Waals surface area contributed by atoms with E-state index in [0.717, 1.165) is 43.6 Å². The molecule has 0 atom stereocenters. The van der Waals surface area contributed by atoms with E-state index in [1.165, 1.54) is 11.1 Å². The Kier molecular flexibility index (Phi) is 6.94. The molecule has 0 unspecified atom stereocenters. The molecule has 1 aromatic heterocycles. The number of aromatic nitrogens is 2. The van der Waals surface area contributed by atoms with Crippen molar-refractivity contribution >= 4 is 11.6 Å². The summed E-state index contributed by atoms with van der Waals surface area (Å²) in [5.74, 6) is 1.38. The number of nitrogens with zero attached hydrogens (tertiary/aromatic N) is 3. The minimum Gasteiger partial charge on any atom is -0.338 e. The van der Waals surface area contributed by atoms with Crippen LogP contribution in [0.25, 0.3) is 11.4 Å². The lowest BCUT2D eigenvalue weighted by Crippen LogP contribution is -2.37. The molecule has 3 aromatic rings. The maximum Gasteiger partial charge on any atom is 0.241 e. The largest absolute Gasteiger partial charge is 0.338 e. The van der Waals surface area contributed by atoms with Crippen molar-refractivity contribution < 1.29 is 9.32 Å². The Hall–Kier alpha value is -2.99. The minimum atomic E-state index is 0.0340. The summed E-state index contributed by atoms with van der Waals surface area (Å²) < 4.78 is 5.51. The molecule has 1 saturated heterocycles. The first-order valence-electron chi connectivity index (χ1n) is 11.9. The summed E-state index contributed by atoms with van der Waals surface area (Å²) in [5.41, 5.74) is 4.49. The Balaban J connectivity index is 1.28. The third-order valence-corrected chi connectivity index (χ3v) is 6.42. The molecule has 0 saturated carbocycles. The van der Waals surface area contributed by atoms with Gasteiger partial charge in [0.2, 0.25) is 17.6 Å². The lowest BCUT2D eigenvalue weighted by molar-refractivity contribution is -0.121. The van der Waals surface area contributed by atoms with Crippen LogP contribution in [0.4, 0.5) is 5.69 Å². The Morgan fingerprint density at radius 2 is 1.73 bits per heavy atom. The zero-order valence-corrected chi connectivity index (χ0v) is 20.1. The van der Waals surface area contributed by atoms with Crippen molar-refractivity contribution in [1.82, 2.24) is 15.0 Å². The van der Waals surface area contributed by atoms with E-state index < -0.39 is 0 Å². The highest BCUT2D eigenvalue weighted by atomic mass is 16.5. The smallest absolute Gasteiger partial charge is 0.241 e. The average Bonchev–Trinajstić information content (AvgIpc) is 3.28. The number of anilines is 1. The van der Waals surface area contributed by atoms with Crippen LogP contribution in [0.15, 0.2) is 53.1 Å². The average molecular weight is 447 g/mol. The zero-order valence-electron chi connectivity index (χ0n) is 20.1. The Morgan fingerprint density at radius 1 is 1.06 bits per heavy atom. The Labute approximate surface area is 196 Å². The van der Waals surface area contributed by atoms with Crippen LogP contribution in [0.1, 0.15) is 57.6 Å². The van der Waals surface area contributed by atoms with Crippen molar-refractivity contribution in [3.8, 4) is 11.4 Å². The molecule has 0 spiro atoms. The number of hydrogen-bond acceptors (Lipinski definition) is 5. The van der Waals surface area contributed by atoms with Gasteiger partial charge in [-0.3, -0.25) is 9.69 Å². The third-order valence-electron chi connectivity index (χ3n) is 6.42. The van der Waals surface area contributed by atoms with E-state index in [9.17, 15) is 4.79 Å². The quantitative estimate of drug-likeness (QED) is 0.545. The number of nitrogens with one attached hydrogen (secondary N) is 1. The molecule has 6 heteroatoms. The van der Waals surface area contributed by atoms with Crippen LogP contribution in [-0.2, 0) is 23.2 Å². The lowest BCUT2D eigenvalue weighted by atomic mass is 9.87. The molecular weight excluding hydrogens is 412 g/mol. The molecule has 0 radical (unpaired) electrons. The molecule has 2 heterocycles. The van der Waals surface area contributed by atoms with Gasteiger partial charge in [0, 0.05) is 17.2 Å². The monoisotopic (exact) mass is 446 g/mol. The fraction of sp³-hybridized carbons (Fsp3) is 0.444. The summed E-state index contributed by atoms with van der Waals surface area (Å²) in [6.45, 7) is 11.0. The summed E-state index contributed by atoms with van der Waals surface area (Å²) in [5, 5.41) is 7.23. The van der Waals surface area contributed by atoms with Crippen LogP contribution in [0, 0.1) is 5.92 Å². The number of benzene rings is 2. The van der Waals surface area contributed by atoms with Crippen molar-refractivity contribution in [1.29, 1.82) is 0 Å². The van der Waals surface area contributed by atoms with Gasteiger partial charge >= 0.3 is 0 Å². The zero-order chi connectivity index (χ0) is 23.4. The predicted octanol–water partition coefficient (Wildman–Crippen LogP) is 5.45. The minimum absolute atomic E-state index is 0.0340. The van der Waals surface area contributed by atoms with E-state index in [2.05, 4.69) is 84.5 Å². The number of aryl methyl sites for hydroxylation is 1. The molecule has 1 aliphatic heterocycles. The first-order valence-corrected chi connectivity index (χ1v) is 11.9. The topological polar surface area (TPSA) is 71.3 Å². The molecule has 2 aromatic carbocycles. The highest BCUT2D eigenvalue weighted by molar-refractivity contribution is 5.92. The first kappa shape index (κ1) is 23.2.